The fourth-order valence-electron chi connectivity index (χ4n) is 3.10. The summed E-state index contributed by atoms with van der Waals surface area (Å²) in [5.41, 5.74) is 0.467. The summed E-state index contributed by atoms with van der Waals surface area (Å²) in [4.78, 5) is 28.9. The summed E-state index contributed by atoms with van der Waals surface area (Å²) in [5.74, 6) is -2.13. The minimum absolute atomic E-state index is 0.00719. The highest BCUT2D eigenvalue weighted by molar-refractivity contribution is 8.42. The highest BCUT2D eigenvalue weighted by Crippen LogP contribution is 2.33. The smallest absolute Gasteiger partial charge is 0.343 e. The van der Waals surface area contributed by atoms with Crippen LogP contribution in [-0.2, 0) is 14.6 Å². The van der Waals surface area contributed by atoms with Gasteiger partial charge in [-0.05, 0) is 66.7 Å². The monoisotopic (exact) mass is 530 g/mol. The molecule has 0 aliphatic carbocycles. The molecule has 0 saturated carbocycles. The molecule has 13 heteroatoms. The van der Waals surface area contributed by atoms with Gasteiger partial charge in [-0.1, -0.05) is 13.0 Å². The average molecular weight is 531 g/mol. The van der Waals surface area contributed by atoms with Crippen LogP contribution >= 0.6 is 11.8 Å². The number of hydrogen-bond acceptors (Lipinski definition) is 9. The Balaban J connectivity index is 1.62. The third-order valence-corrected chi connectivity index (χ3v) is 8.03. The van der Waals surface area contributed by atoms with Gasteiger partial charge in [-0.15, -0.1) is 5.10 Å². The van der Waals surface area contributed by atoms with Crippen molar-refractivity contribution in [3.8, 4) is 11.5 Å². The number of amidine groups is 2. The number of aliphatic imine (C=N–C) groups is 1. The first kappa shape index (κ1) is 25.3. The summed E-state index contributed by atoms with van der Waals surface area (Å²) in [7, 11) is -3.64. The Hall–Kier alpha value is -3.84. The van der Waals surface area contributed by atoms with Crippen LogP contribution in [0, 0.1) is 11.2 Å². The van der Waals surface area contributed by atoms with E-state index in [9.17, 15) is 22.4 Å². The molecule has 0 atom stereocenters. The zero-order chi connectivity index (χ0) is 26.0. The van der Waals surface area contributed by atoms with E-state index in [-0.39, 0.29) is 50.4 Å². The maximum atomic E-state index is 13.1. The molecule has 1 amide bonds. The van der Waals surface area contributed by atoms with Crippen molar-refractivity contribution in [2.75, 3.05) is 12.4 Å². The highest BCUT2D eigenvalue weighted by Gasteiger charge is 2.39. The van der Waals surface area contributed by atoms with Crippen molar-refractivity contribution in [1.29, 1.82) is 5.41 Å². The van der Waals surface area contributed by atoms with Gasteiger partial charge in [0, 0.05) is 0 Å². The van der Waals surface area contributed by atoms with Crippen LogP contribution in [0.2, 0.25) is 0 Å². The van der Waals surface area contributed by atoms with Gasteiger partial charge in [-0.2, -0.15) is 10.0 Å². The zero-order valence-electron chi connectivity index (χ0n) is 19.0. The predicted octanol–water partition coefficient (Wildman–Crippen LogP) is 3.45. The van der Waals surface area contributed by atoms with Crippen LogP contribution in [0.25, 0.3) is 6.08 Å². The first-order valence-corrected chi connectivity index (χ1v) is 13.1. The van der Waals surface area contributed by atoms with Gasteiger partial charge in [-0.25, -0.2) is 17.6 Å². The van der Waals surface area contributed by atoms with Crippen molar-refractivity contribution in [3.63, 3.8) is 0 Å². The Bertz CT molecular complexity index is 1470. The van der Waals surface area contributed by atoms with Crippen LogP contribution < -0.4 is 9.47 Å². The van der Waals surface area contributed by atoms with E-state index in [4.69, 9.17) is 14.9 Å². The first-order chi connectivity index (χ1) is 17.1. The van der Waals surface area contributed by atoms with E-state index in [1.807, 2.05) is 0 Å². The van der Waals surface area contributed by atoms with Crippen LogP contribution in [0.1, 0.15) is 29.8 Å². The quantitative estimate of drug-likeness (QED) is 0.340. The summed E-state index contributed by atoms with van der Waals surface area (Å²) >= 11 is 0.717. The fraction of sp³-hybridized carbons (Fsp3) is 0.174. The molecule has 0 bridgehead atoms. The number of thioether (sulfide) groups is 1. The maximum Gasteiger partial charge on any atom is 0.343 e. The molecule has 2 aromatic carbocycles. The van der Waals surface area contributed by atoms with Gasteiger partial charge in [0.1, 0.15) is 5.82 Å². The maximum absolute atomic E-state index is 13.1. The molecular formula is C23H19FN4O6S2. The number of amides is 1. The van der Waals surface area contributed by atoms with Crippen LogP contribution in [0.5, 0.6) is 11.5 Å². The molecule has 186 valence electrons. The molecule has 10 nitrogen and oxygen atoms in total. The van der Waals surface area contributed by atoms with E-state index in [0.717, 1.165) is 28.9 Å². The van der Waals surface area contributed by atoms with Crippen molar-refractivity contribution in [2.24, 2.45) is 10.1 Å². The molecule has 0 saturated heterocycles. The standard InChI is InChI=1S/C23H19FN4O6S2/c1-3-33-18-12-13(5-10-17(18)34-21(30)14-6-8-15(24)9-7-14)11-16-19(25)28-22(26-20(16)29)35-23(27-28)36(31,32)4-2/h5-12,25H,3-4H2,1-2H3/b16-11-,25-19?. The predicted molar refractivity (Wildman–Crippen MR) is 133 cm³/mol. The molecule has 0 unspecified atom stereocenters. The van der Waals surface area contributed by atoms with Crippen LogP contribution in [0.3, 0.4) is 0 Å². The lowest BCUT2D eigenvalue weighted by Gasteiger charge is -2.20. The van der Waals surface area contributed by atoms with E-state index in [0.29, 0.717) is 5.56 Å². The third-order valence-electron chi connectivity index (χ3n) is 4.94. The van der Waals surface area contributed by atoms with Gasteiger partial charge < -0.3 is 9.47 Å². The van der Waals surface area contributed by atoms with Gasteiger partial charge >= 0.3 is 5.97 Å². The number of carbonyl (C=O) groups excluding carboxylic acids is 2. The van der Waals surface area contributed by atoms with E-state index >= 15 is 0 Å². The third kappa shape index (κ3) is 5.06. The van der Waals surface area contributed by atoms with Crippen LogP contribution in [0.15, 0.2) is 58.1 Å². The number of halogens is 1. The highest BCUT2D eigenvalue weighted by atomic mass is 32.3. The van der Waals surface area contributed by atoms with E-state index in [1.54, 1.807) is 6.92 Å². The van der Waals surface area contributed by atoms with Crippen molar-refractivity contribution in [1.82, 2.24) is 5.01 Å². The second-order valence-corrected chi connectivity index (χ2v) is 10.7. The molecule has 2 aliphatic heterocycles. The number of rotatable bonds is 6. The van der Waals surface area contributed by atoms with Gasteiger partial charge in [0.15, 0.2) is 17.3 Å². The lowest BCUT2D eigenvalue weighted by molar-refractivity contribution is -0.114. The normalized spacial score (nSPS) is 16.5. The number of hydrogen-bond donors (Lipinski definition) is 1. The lowest BCUT2D eigenvalue weighted by Crippen LogP contribution is -2.35. The van der Waals surface area contributed by atoms with E-state index < -0.39 is 27.5 Å². The number of esters is 1. The largest absolute Gasteiger partial charge is 0.490 e. The second-order valence-electron chi connectivity index (χ2n) is 7.32. The number of fused-ring (bicyclic) bond motifs is 1. The number of hydrazone groups is 1. The average Bonchev–Trinajstić information content (AvgIpc) is 3.29. The first-order valence-electron chi connectivity index (χ1n) is 10.6. The number of carbonyl (C=O) groups is 2. The van der Waals surface area contributed by atoms with Crippen molar-refractivity contribution in [2.45, 2.75) is 13.8 Å². The SMILES string of the molecule is CCOc1cc(/C=C2/C(=N)N3N=C(S(=O)(=O)CC)SC3=NC2=O)ccc1OC(=O)c1ccc(F)cc1. The molecule has 2 heterocycles. The molecule has 0 aromatic heterocycles. The number of sulfone groups is 1. The molecule has 1 N–H and O–H groups in total. The zero-order valence-corrected chi connectivity index (χ0v) is 20.7. The Labute approximate surface area is 209 Å². The minimum Gasteiger partial charge on any atom is -0.490 e. The summed E-state index contributed by atoms with van der Waals surface area (Å²) < 4.78 is 48.2. The van der Waals surface area contributed by atoms with E-state index in [2.05, 4.69) is 10.1 Å². The summed E-state index contributed by atoms with van der Waals surface area (Å²) in [5, 5.41) is 13.4. The fourth-order valence-corrected chi connectivity index (χ4v) is 5.27. The van der Waals surface area contributed by atoms with Gasteiger partial charge in [0.2, 0.25) is 19.4 Å². The van der Waals surface area contributed by atoms with E-state index in [1.165, 1.54) is 43.3 Å². The molecule has 36 heavy (non-hydrogen) atoms. The second kappa shape index (κ2) is 10.0. The molecule has 2 aliphatic rings. The molecule has 0 spiro atoms. The summed E-state index contributed by atoms with van der Waals surface area (Å²) in [6.45, 7) is 3.45. The summed E-state index contributed by atoms with van der Waals surface area (Å²) in [6, 6.07) is 9.38. The van der Waals surface area contributed by atoms with Gasteiger partial charge in [0.25, 0.3) is 5.91 Å². The number of benzene rings is 2. The molecular weight excluding hydrogens is 511 g/mol. The molecule has 0 fully saturated rings. The number of nitrogens with one attached hydrogen (secondary N) is 1. The Morgan fingerprint density at radius 3 is 2.56 bits per heavy atom. The Morgan fingerprint density at radius 2 is 1.89 bits per heavy atom. The molecule has 0 radical (unpaired) electrons. The van der Waals surface area contributed by atoms with Crippen molar-refractivity contribution < 1.29 is 31.9 Å². The van der Waals surface area contributed by atoms with Crippen LogP contribution in [0.4, 0.5) is 4.39 Å². The number of ether oxygens (including phenoxy) is 2. The van der Waals surface area contributed by atoms with Gasteiger partial charge in [0.05, 0.1) is 23.5 Å². The lowest BCUT2D eigenvalue weighted by atomic mass is 10.1. The Morgan fingerprint density at radius 1 is 1.17 bits per heavy atom. The summed E-state index contributed by atoms with van der Waals surface area (Å²) in [6.07, 6.45) is 1.38. The number of nitrogens with zero attached hydrogens (tertiary/aromatic N) is 3. The van der Waals surface area contributed by atoms with Gasteiger partial charge in [-0.3, -0.25) is 10.2 Å². The van der Waals surface area contributed by atoms with Crippen molar-refractivity contribution >= 4 is 54.9 Å². The Kier molecular flexibility index (Phi) is 7.04. The van der Waals surface area contributed by atoms with Crippen molar-refractivity contribution in [3.05, 3.63) is 65.0 Å². The molecule has 2 aromatic rings. The molecule has 4 rings (SSSR count). The van der Waals surface area contributed by atoms with Crippen LogP contribution in [-0.4, -0.2) is 53.0 Å². The topological polar surface area (TPSA) is 139 Å². The minimum atomic E-state index is -3.64.